The first-order valence-electron chi connectivity index (χ1n) is 22.1. The molecule has 0 aromatic rings. The van der Waals surface area contributed by atoms with Gasteiger partial charge in [-0.05, 0) is 95.1 Å². The van der Waals surface area contributed by atoms with E-state index >= 15 is 0 Å². The largest absolute Gasteiger partial charge is 0.467 e. The molecular formula is C45H70O13. The number of carbonyl (C=O) groups is 1. The van der Waals surface area contributed by atoms with Gasteiger partial charge in [-0.3, -0.25) is 0 Å². The van der Waals surface area contributed by atoms with Gasteiger partial charge in [0, 0.05) is 38.0 Å². The molecule has 6 saturated heterocycles. The molecule has 328 valence electrons. The molecule has 0 aromatic carbocycles. The fourth-order valence-electron chi connectivity index (χ4n) is 10.8. The van der Waals surface area contributed by atoms with Crippen LogP contribution >= 0.6 is 0 Å². The number of aliphatic hydroxyl groups is 4. The van der Waals surface area contributed by atoms with Gasteiger partial charge in [0.2, 0.25) is 5.79 Å². The van der Waals surface area contributed by atoms with Crippen LogP contribution in [0, 0.1) is 17.8 Å². The summed E-state index contributed by atoms with van der Waals surface area (Å²) in [6, 6.07) is 0. The van der Waals surface area contributed by atoms with Crippen LogP contribution in [0.15, 0.2) is 36.0 Å². The summed E-state index contributed by atoms with van der Waals surface area (Å²) in [5, 5.41) is 45.0. The lowest BCUT2D eigenvalue weighted by Crippen LogP contribution is -2.60. The van der Waals surface area contributed by atoms with Gasteiger partial charge in [0.25, 0.3) is 0 Å². The Bertz CT molecular complexity index is 1520. The zero-order chi connectivity index (χ0) is 41.6. The van der Waals surface area contributed by atoms with E-state index in [1.165, 1.54) is 14.0 Å². The predicted molar refractivity (Wildman–Crippen MR) is 212 cm³/mol. The van der Waals surface area contributed by atoms with Crippen LogP contribution in [-0.2, 0) is 42.7 Å². The Balaban J connectivity index is 0.919. The van der Waals surface area contributed by atoms with Crippen LogP contribution in [0.2, 0.25) is 0 Å². The summed E-state index contributed by atoms with van der Waals surface area (Å²) in [7, 11) is 1.24. The van der Waals surface area contributed by atoms with Crippen molar-refractivity contribution >= 4 is 5.97 Å². The van der Waals surface area contributed by atoms with Crippen molar-refractivity contribution in [3.8, 4) is 0 Å². The summed E-state index contributed by atoms with van der Waals surface area (Å²) in [5.41, 5.74) is -0.287. The smallest absolute Gasteiger partial charge is 0.337 e. The minimum absolute atomic E-state index is 0.0145. The van der Waals surface area contributed by atoms with E-state index in [1.54, 1.807) is 0 Å². The zero-order valence-electron chi connectivity index (χ0n) is 35.5. The van der Waals surface area contributed by atoms with Crippen LogP contribution in [0.4, 0.5) is 0 Å². The van der Waals surface area contributed by atoms with Crippen LogP contribution in [0.5, 0.6) is 0 Å². The first kappa shape index (κ1) is 44.3. The van der Waals surface area contributed by atoms with E-state index in [9.17, 15) is 25.2 Å². The number of fused-ring (bicyclic) bond motifs is 1. The maximum atomic E-state index is 12.2. The third kappa shape index (κ3) is 9.21. The highest BCUT2D eigenvalue weighted by atomic mass is 16.7. The van der Waals surface area contributed by atoms with Crippen molar-refractivity contribution in [2.45, 2.75) is 209 Å². The molecule has 3 spiro atoms. The summed E-state index contributed by atoms with van der Waals surface area (Å²) in [6.07, 6.45) is 9.94. The van der Waals surface area contributed by atoms with E-state index in [-0.39, 0.29) is 36.6 Å². The van der Waals surface area contributed by atoms with Crippen molar-refractivity contribution in [2.24, 2.45) is 17.8 Å². The fraction of sp³-hybridized carbons (Fsp3) is 0.844. The van der Waals surface area contributed by atoms with Crippen molar-refractivity contribution in [1.82, 2.24) is 0 Å². The van der Waals surface area contributed by atoms with Gasteiger partial charge in [0.1, 0.15) is 24.4 Å². The molecule has 13 nitrogen and oxygen atoms in total. The van der Waals surface area contributed by atoms with E-state index in [2.05, 4.69) is 33.4 Å². The number of hydrogen-bond donors (Lipinski definition) is 4. The lowest BCUT2D eigenvalue weighted by Gasteiger charge is -2.50. The van der Waals surface area contributed by atoms with E-state index < -0.39 is 71.7 Å². The lowest BCUT2D eigenvalue weighted by molar-refractivity contribution is -0.321. The van der Waals surface area contributed by atoms with Crippen LogP contribution < -0.4 is 0 Å². The SMILES string of the molecule is C=C1[C@@H](O)[C@@H]2O[C@]3(CC[C@H](/C=C/[C@@H](C)[C@@H]4CC(C)=C[C@@]5(O[C@H](C[C@@](C)(O)C(=O)OC)CC[C@H]5O)O4)O3)CC[C@H]2O[C@@H]1[C@@H](O)C[C@H](C)C1O[C@@]2(CCCCO2)CC[C@H]1C. The van der Waals surface area contributed by atoms with Gasteiger partial charge in [-0.15, -0.1) is 0 Å². The van der Waals surface area contributed by atoms with E-state index in [4.69, 9.17) is 37.9 Å². The Morgan fingerprint density at radius 1 is 1.02 bits per heavy atom. The second-order valence-electron chi connectivity index (χ2n) is 19.1. The molecule has 0 saturated carbocycles. The number of aliphatic hydroxyl groups excluding tert-OH is 3. The molecule has 58 heavy (non-hydrogen) atoms. The summed E-state index contributed by atoms with van der Waals surface area (Å²) >= 11 is 0. The first-order chi connectivity index (χ1) is 27.5. The molecule has 0 bridgehead atoms. The minimum atomic E-state index is -1.73. The standard InChI is InChI=1S/C45H70O13/c1-26-22-35(56-45(24-26)36(47)13-12-32(55-45)25-42(6,50)41(49)51-7)27(2)10-11-31-15-19-44(54-31)20-16-34-40(58-44)37(48)30(5)39(53-34)33(46)23-29(4)38-28(3)14-18-43(57-38)17-8-9-21-52-43/h10-11,24,27-29,31-40,46-48,50H,5,8-9,12-23,25H2,1-4,6-7H3/b11-10+/t27-,28-,29+,31+,32+,33+,34-,35+,36-,37-,38?,39+,40-,42-,43+,44-,45-/m1/s1. The molecule has 7 rings (SSSR count). The van der Waals surface area contributed by atoms with Gasteiger partial charge < -0.3 is 58.3 Å². The first-order valence-corrected chi connectivity index (χ1v) is 22.1. The quantitative estimate of drug-likeness (QED) is 0.166. The molecule has 7 heterocycles. The Morgan fingerprint density at radius 3 is 2.52 bits per heavy atom. The number of carbonyl (C=O) groups excluding carboxylic acids is 1. The third-order valence-corrected chi connectivity index (χ3v) is 14.2. The molecule has 1 unspecified atom stereocenters. The van der Waals surface area contributed by atoms with E-state index in [1.807, 2.05) is 19.1 Å². The topological polar surface area (TPSA) is 172 Å². The van der Waals surface area contributed by atoms with Crippen molar-refractivity contribution in [3.05, 3.63) is 36.0 Å². The van der Waals surface area contributed by atoms with Gasteiger partial charge in [-0.2, -0.15) is 0 Å². The molecule has 0 amide bonds. The number of esters is 1. The second-order valence-corrected chi connectivity index (χ2v) is 19.1. The summed E-state index contributed by atoms with van der Waals surface area (Å²) in [4.78, 5) is 12.2. The van der Waals surface area contributed by atoms with Crippen molar-refractivity contribution in [1.29, 1.82) is 0 Å². The maximum absolute atomic E-state index is 12.2. The Hall–Kier alpha value is -1.75. The van der Waals surface area contributed by atoms with Crippen molar-refractivity contribution in [2.75, 3.05) is 13.7 Å². The molecule has 7 aliphatic heterocycles. The number of methoxy groups -OCH3 is 1. The number of hydrogen-bond acceptors (Lipinski definition) is 13. The maximum Gasteiger partial charge on any atom is 0.337 e. The molecule has 17 atom stereocenters. The monoisotopic (exact) mass is 818 g/mol. The third-order valence-electron chi connectivity index (χ3n) is 14.2. The van der Waals surface area contributed by atoms with E-state index in [0.29, 0.717) is 56.4 Å². The molecule has 13 heteroatoms. The highest BCUT2D eigenvalue weighted by Gasteiger charge is 2.55. The molecule has 6 fully saturated rings. The van der Waals surface area contributed by atoms with Gasteiger partial charge in [0.15, 0.2) is 17.2 Å². The number of ether oxygens (including phenoxy) is 8. The van der Waals surface area contributed by atoms with Gasteiger partial charge >= 0.3 is 5.97 Å². The van der Waals surface area contributed by atoms with Gasteiger partial charge in [-0.1, -0.05) is 45.1 Å². The molecule has 7 aliphatic rings. The Kier molecular flexibility index (Phi) is 13.4. The van der Waals surface area contributed by atoms with E-state index in [0.717, 1.165) is 50.7 Å². The molecule has 0 aromatic heterocycles. The number of rotatable bonds is 10. The van der Waals surface area contributed by atoms with Crippen LogP contribution in [0.1, 0.15) is 125 Å². The highest BCUT2D eigenvalue weighted by Crippen LogP contribution is 2.47. The summed E-state index contributed by atoms with van der Waals surface area (Å²) in [5.74, 6) is -3.15. The Labute approximate surface area is 344 Å². The normalized spacial score (nSPS) is 44.8. The zero-order valence-corrected chi connectivity index (χ0v) is 35.5. The Morgan fingerprint density at radius 2 is 1.78 bits per heavy atom. The average molecular weight is 819 g/mol. The molecule has 0 radical (unpaired) electrons. The molecular weight excluding hydrogens is 748 g/mol. The van der Waals surface area contributed by atoms with Crippen molar-refractivity contribution in [3.63, 3.8) is 0 Å². The highest BCUT2D eigenvalue weighted by molar-refractivity contribution is 5.78. The van der Waals surface area contributed by atoms with Crippen LogP contribution in [-0.4, -0.2) is 124 Å². The summed E-state index contributed by atoms with van der Waals surface area (Å²) in [6.45, 7) is 14.7. The van der Waals surface area contributed by atoms with Gasteiger partial charge in [-0.25, -0.2) is 4.79 Å². The predicted octanol–water partition coefficient (Wildman–Crippen LogP) is 5.30. The average Bonchev–Trinajstić information content (AvgIpc) is 3.59. The molecule has 4 N–H and O–H groups in total. The lowest BCUT2D eigenvalue weighted by atomic mass is 9.79. The molecule has 0 aliphatic carbocycles. The minimum Gasteiger partial charge on any atom is -0.467 e. The van der Waals surface area contributed by atoms with Crippen molar-refractivity contribution < 1.29 is 63.1 Å². The summed E-state index contributed by atoms with van der Waals surface area (Å²) < 4.78 is 50.2. The van der Waals surface area contributed by atoms with Gasteiger partial charge in [0.05, 0.1) is 50.3 Å². The second kappa shape index (κ2) is 17.6. The fourth-order valence-corrected chi connectivity index (χ4v) is 10.8. The van der Waals surface area contributed by atoms with Crippen LogP contribution in [0.25, 0.3) is 0 Å². The van der Waals surface area contributed by atoms with Crippen LogP contribution in [0.3, 0.4) is 0 Å².